The first-order valence-electron chi connectivity index (χ1n) is 12.6. The molecule has 1 aromatic carbocycles. The summed E-state index contributed by atoms with van der Waals surface area (Å²) in [6.07, 6.45) is 9.55. The molecule has 1 aliphatic heterocycles. The van der Waals surface area contributed by atoms with Crippen molar-refractivity contribution in [2.75, 3.05) is 29.9 Å². The number of carbonyl (C=O) groups is 1. The predicted molar refractivity (Wildman–Crippen MR) is 139 cm³/mol. The fourth-order valence-electron chi connectivity index (χ4n) is 5.05. The first kappa shape index (κ1) is 24.7. The van der Waals surface area contributed by atoms with Crippen LogP contribution in [0.4, 0.5) is 16.3 Å². The molecule has 1 saturated heterocycles. The lowest BCUT2D eigenvalue weighted by Gasteiger charge is -2.38. The summed E-state index contributed by atoms with van der Waals surface area (Å²) in [5.74, 6) is 0.707. The van der Waals surface area contributed by atoms with Gasteiger partial charge >= 0.3 is 5.97 Å². The maximum Gasteiger partial charge on any atom is 0.304 e. The molecule has 2 aromatic heterocycles. The van der Waals surface area contributed by atoms with Crippen molar-refractivity contribution in [3.8, 4) is 0 Å². The fraction of sp³-hybridized carbons (Fsp3) is 0.407. The van der Waals surface area contributed by atoms with E-state index < -0.39 is 5.97 Å². The molecule has 5 rings (SSSR count). The van der Waals surface area contributed by atoms with Crippen LogP contribution in [-0.4, -0.2) is 51.3 Å². The molecule has 9 nitrogen and oxygen atoms in total. The number of aromatic nitrogens is 4. The van der Waals surface area contributed by atoms with Crippen molar-refractivity contribution in [3.05, 3.63) is 69.0 Å². The highest BCUT2D eigenvalue weighted by molar-refractivity contribution is 5.65. The van der Waals surface area contributed by atoms with Crippen LogP contribution in [0.1, 0.15) is 38.2 Å². The number of ether oxygens (including phenoxy) is 1. The van der Waals surface area contributed by atoms with E-state index in [-0.39, 0.29) is 24.1 Å². The standard InChI is InChI=1S/C27H31FN6O3/c1-19(35)37-18-34-25(36)11-14-29-26(34)31(2)22-12-15-32(16-13-22)27-30-23-5-3-4-6-24(23)33(27)17-20-7-9-21(28)10-8-20/h5-11,14,22H,3-4,12-13,15-18H2,1-2H3. The van der Waals surface area contributed by atoms with Crippen LogP contribution < -0.4 is 26.1 Å². The van der Waals surface area contributed by atoms with E-state index in [1.165, 1.54) is 35.9 Å². The van der Waals surface area contributed by atoms with Crippen LogP contribution in [0.25, 0.3) is 12.2 Å². The van der Waals surface area contributed by atoms with Gasteiger partial charge in [0.2, 0.25) is 11.9 Å². The van der Waals surface area contributed by atoms with Crippen molar-refractivity contribution in [1.29, 1.82) is 0 Å². The highest BCUT2D eigenvalue weighted by Gasteiger charge is 2.28. The van der Waals surface area contributed by atoms with Gasteiger partial charge in [-0.3, -0.25) is 9.59 Å². The van der Waals surface area contributed by atoms with Crippen LogP contribution in [-0.2, 0) is 22.8 Å². The minimum atomic E-state index is -0.453. The smallest absolute Gasteiger partial charge is 0.304 e. The van der Waals surface area contributed by atoms with Crippen LogP contribution in [0, 0.1) is 5.82 Å². The maximum atomic E-state index is 13.5. The molecule has 0 radical (unpaired) electrons. The Hall–Kier alpha value is -3.95. The Morgan fingerprint density at radius 1 is 1.11 bits per heavy atom. The summed E-state index contributed by atoms with van der Waals surface area (Å²) in [5.41, 5.74) is 0.758. The highest BCUT2D eigenvalue weighted by Crippen LogP contribution is 2.23. The summed E-state index contributed by atoms with van der Waals surface area (Å²) in [6.45, 7) is 3.34. The number of carbonyl (C=O) groups excluding carboxylic acids is 1. The number of hydrogen-bond acceptors (Lipinski definition) is 7. The molecule has 0 bridgehead atoms. The Kier molecular flexibility index (Phi) is 7.07. The number of nitrogens with zero attached hydrogens (tertiary/aromatic N) is 6. The number of piperidine rings is 1. The van der Waals surface area contributed by atoms with E-state index in [1.54, 1.807) is 0 Å². The summed E-state index contributed by atoms with van der Waals surface area (Å²) < 4.78 is 22.2. The lowest BCUT2D eigenvalue weighted by Crippen LogP contribution is -2.46. The molecule has 0 amide bonds. The summed E-state index contributed by atoms with van der Waals surface area (Å²) in [6, 6.07) is 8.15. The van der Waals surface area contributed by atoms with E-state index in [2.05, 4.69) is 26.6 Å². The number of rotatable bonds is 7. The molecule has 0 N–H and O–H groups in total. The SMILES string of the molecule is CC(=O)OCn1c(N(C)C2CCN(c3nc4c(n3Cc3ccc(F)cc3)=CCCC=4)CC2)nccc1=O. The first-order valence-corrected chi connectivity index (χ1v) is 12.6. The average molecular weight is 507 g/mol. The second-order valence-corrected chi connectivity index (χ2v) is 9.49. The Morgan fingerprint density at radius 3 is 2.57 bits per heavy atom. The van der Waals surface area contributed by atoms with E-state index in [9.17, 15) is 14.0 Å². The third-order valence-corrected chi connectivity index (χ3v) is 7.03. The van der Waals surface area contributed by atoms with Gasteiger partial charge < -0.3 is 19.1 Å². The molecule has 1 aliphatic carbocycles. The number of hydrogen-bond donors (Lipinski definition) is 0. The van der Waals surface area contributed by atoms with Crippen molar-refractivity contribution in [2.24, 2.45) is 0 Å². The number of benzene rings is 1. The van der Waals surface area contributed by atoms with E-state index in [4.69, 9.17) is 9.72 Å². The third kappa shape index (κ3) is 5.28. The van der Waals surface area contributed by atoms with Crippen molar-refractivity contribution in [2.45, 2.75) is 51.9 Å². The van der Waals surface area contributed by atoms with Crippen LogP contribution in [0.2, 0.25) is 0 Å². The van der Waals surface area contributed by atoms with Crippen LogP contribution >= 0.6 is 0 Å². The van der Waals surface area contributed by atoms with E-state index in [0.717, 1.165) is 61.0 Å². The fourth-order valence-corrected chi connectivity index (χ4v) is 5.05. The molecule has 2 aliphatic rings. The zero-order valence-electron chi connectivity index (χ0n) is 21.1. The molecular weight excluding hydrogens is 475 g/mol. The summed E-state index contributed by atoms with van der Waals surface area (Å²) >= 11 is 0. The number of fused-ring (bicyclic) bond motifs is 1. The molecule has 37 heavy (non-hydrogen) atoms. The summed E-state index contributed by atoms with van der Waals surface area (Å²) in [4.78, 5) is 37.5. The lowest BCUT2D eigenvalue weighted by atomic mass is 10.0. The largest absolute Gasteiger partial charge is 0.444 e. The molecule has 1 fully saturated rings. The zero-order chi connectivity index (χ0) is 25.9. The molecule has 0 atom stereocenters. The van der Waals surface area contributed by atoms with E-state index >= 15 is 0 Å². The molecular formula is C27H31FN6O3. The van der Waals surface area contributed by atoms with Gasteiger partial charge in [-0.2, -0.15) is 0 Å². The molecule has 3 aromatic rings. The molecule has 0 saturated carbocycles. The highest BCUT2D eigenvalue weighted by atomic mass is 19.1. The van der Waals surface area contributed by atoms with Gasteiger partial charge in [0.05, 0.1) is 17.2 Å². The summed E-state index contributed by atoms with van der Waals surface area (Å²) in [7, 11) is 1.92. The van der Waals surface area contributed by atoms with Crippen molar-refractivity contribution >= 4 is 30.0 Å². The monoisotopic (exact) mass is 506 g/mol. The topological polar surface area (TPSA) is 85.5 Å². The Balaban J connectivity index is 1.35. The molecule has 0 spiro atoms. The van der Waals surface area contributed by atoms with Gasteiger partial charge in [-0.15, -0.1) is 0 Å². The van der Waals surface area contributed by atoms with Gasteiger partial charge in [0.15, 0.2) is 6.73 Å². The number of imidazole rings is 1. The number of anilines is 2. The zero-order valence-corrected chi connectivity index (χ0v) is 21.1. The second kappa shape index (κ2) is 10.6. The summed E-state index contributed by atoms with van der Waals surface area (Å²) in [5, 5.41) is 2.12. The van der Waals surface area contributed by atoms with Gasteiger partial charge in [-0.25, -0.2) is 18.9 Å². The normalized spacial score (nSPS) is 15.5. The average Bonchev–Trinajstić information content (AvgIpc) is 3.27. The van der Waals surface area contributed by atoms with Gasteiger partial charge in [0.1, 0.15) is 5.82 Å². The van der Waals surface area contributed by atoms with Crippen molar-refractivity contribution in [1.82, 2.24) is 19.1 Å². The minimum absolute atomic E-state index is 0.155. The Labute approximate surface area is 214 Å². The lowest BCUT2D eigenvalue weighted by molar-refractivity contribution is -0.144. The Morgan fingerprint density at radius 2 is 1.84 bits per heavy atom. The molecule has 194 valence electrons. The van der Waals surface area contributed by atoms with Crippen LogP contribution in [0.15, 0.2) is 41.3 Å². The quantitative estimate of drug-likeness (QED) is 0.450. The third-order valence-electron chi connectivity index (χ3n) is 7.03. The van der Waals surface area contributed by atoms with Gasteiger partial charge in [-0.1, -0.05) is 24.3 Å². The van der Waals surface area contributed by atoms with Gasteiger partial charge in [0.25, 0.3) is 5.56 Å². The van der Waals surface area contributed by atoms with Gasteiger partial charge in [0, 0.05) is 45.4 Å². The first-order chi connectivity index (χ1) is 17.9. The van der Waals surface area contributed by atoms with Crippen LogP contribution in [0.5, 0.6) is 0 Å². The van der Waals surface area contributed by atoms with E-state index in [0.29, 0.717) is 12.5 Å². The molecule has 10 heteroatoms. The number of esters is 1. The van der Waals surface area contributed by atoms with Crippen molar-refractivity contribution in [3.63, 3.8) is 0 Å². The predicted octanol–water partition coefficient (Wildman–Crippen LogP) is 1.61. The van der Waals surface area contributed by atoms with E-state index in [1.807, 2.05) is 24.1 Å². The van der Waals surface area contributed by atoms with Crippen LogP contribution in [0.3, 0.4) is 0 Å². The molecule has 0 unspecified atom stereocenters. The van der Waals surface area contributed by atoms with Gasteiger partial charge in [-0.05, 0) is 43.4 Å². The number of halogens is 1. The minimum Gasteiger partial charge on any atom is -0.444 e. The van der Waals surface area contributed by atoms with Crippen molar-refractivity contribution < 1.29 is 13.9 Å². The maximum absolute atomic E-state index is 13.5. The molecule has 3 heterocycles. The Bertz CT molecular complexity index is 1450. The second-order valence-electron chi connectivity index (χ2n) is 9.49.